The number of hydrogen-bond acceptors (Lipinski definition) is 3. The molecule has 0 aliphatic carbocycles. The fourth-order valence-corrected chi connectivity index (χ4v) is 4.69. The van der Waals surface area contributed by atoms with Crippen LogP contribution in [-0.2, 0) is 28.0 Å². The first-order valence-corrected chi connectivity index (χ1v) is 13.5. The Morgan fingerprint density at radius 2 is 1.70 bits per heavy atom. The van der Waals surface area contributed by atoms with Crippen molar-refractivity contribution in [2.75, 3.05) is 13.2 Å². The molecule has 7 heteroatoms. The van der Waals surface area contributed by atoms with Gasteiger partial charge >= 0.3 is 0 Å². The second kappa shape index (κ2) is 13.1. The molecule has 3 rings (SSSR count). The van der Waals surface area contributed by atoms with Gasteiger partial charge in [0.25, 0.3) is 5.91 Å². The molecule has 1 N–H and O–H groups in total. The van der Waals surface area contributed by atoms with E-state index in [0.717, 1.165) is 21.2 Å². The monoisotopic (exact) mass is 584 g/mol. The minimum Gasteiger partial charge on any atom is -0.483 e. The van der Waals surface area contributed by atoms with Crippen molar-refractivity contribution in [3.63, 3.8) is 0 Å². The lowest BCUT2D eigenvalue weighted by Crippen LogP contribution is -2.51. The quantitative estimate of drug-likeness (QED) is 0.293. The summed E-state index contributed by atoms with van der Waals surface area (Å²) in [6.45, 7) is 8.76. The Morgan fingerprint density at radius 3 is 2.32 bits per heavy atom. The fraction of sp³-hybridized carbons (Fsp3) is 0.333. The van der Waals surface area contributed by atoms with Crippen molar-refractivity contribution in [3.8, 4) is 5.75 Å². The van der Waals surface area contributed by atoms with Crippen LogP contribution in [0.2, 0.25) is 5.02 Å². The molecule has 0 unspecified atom stereocenters. The van der Waals surface area contributed by atoms with Crippen molar-refractivity contribution in [1.82, 2.24) is 10.2 Å². The molecule has 0 spiro atoms. The average Bonchev–Trinajstić information content (AvgIpc) is 2.85. The molecule has 5 nitrogen and oxygen atoms in total. The molecule has 2 amide bonds. The van der Waals surface area contributed by atoms with Crippen molar-refractivity contribution >= 4 is 39.3 Å². The zero-order valence-corrected chi connectivity index (χ0v) is 24.1. The van der Waals surface area contributed by atoms with E-state index in [-0.39, 0.29) is 30.4 Å². The maximum Gasteiger partial charge on any atom is 0.261 e. The zero-order chi connectivity index (χ0) is 27.0. The molecule has 0 saturated heterocycles. The van der Waals surface area contributed by atoms with E-state index in [1.165, 1.54) is 0 Å². The molecule has 0 fully saturated rings. The van der Waals surface area contributed by atoms with E-state index >= 15 is 0 Å². The summed E-state index contributed by atoms with van der Waals surface area (Å²) >= 11 is 9.80. The molecule has 196 valence electrons. The third-order valence-corrected chi connectivity index (χ3v) is 6.87. The van der Waals surface area contributed by atoms with Crippen molar-refractivity contribution in [2.24, 2.45) is 0 Å². The van der Waals surface area contributed by atoms with Crippen LogP contribution in [-0.4, -0.2) is 35.9 Å². The summed E-state index contributed by atoms with van der Waals surface area (Å²) in [4.78, 5) is 28.5. The van der Waals surface area contributed by atoms with Crippen LogP contribution in [0.25, 0.3) is 0 Å². The molecule has 0 aliphatic heterocycles. The fourth-order valence-electron chi connectivity index (χ4n) is 3.98. The van der Waals surface area contributed by atoms with Gasteiger partial charge in [0.2, 0.25) is 5.91 Å². The number of halogens is 2. The number of carbonyl (C=O) groups is 2. The molecule has 0 radical (unpaired) electrons. The highest BCUT2D eigenvalue weighted by Gasteiger charge is 2.30. The predicted molar refractivity (Wildman–Crippen MR) is 153 cm³/mol. The molecule has 37 heavy (non-hydrogen) atoms. The highest BCUT2D eigenvalue weighted by Crippen LogP contribution is 2.31. The molecule has 0 heterocycles. The van der Waals surface area contributed by atoms with Gasteiger partial charge in [0.15, 0.2) is 6.61 Å². The van der Waals surface area contributed by atoms with Gasteiger partial charge in [-0.1, -0.05) is 80.9 Å². The minimum atomic E-state index is -0.718. The molecular weight excluding hydrogens is 552 g/mol. The molecule has 1 atom stereocenters. The summed E-state index contributed by atoms with van der Waals surface area (Å²) in [5, 5.41) is 3.47. The number of amides is 2. The van der Waals surface area contributed by atoms with E-state index in [1.807, 2.05) is 73.7 Å². The Hall–Kier alpha value is -2.83. The smallest absolute Gasteiger partial charge is 0.261 e. The van der Waals surface area contributed by atoms with Gasteiger partial charge in [-0.05, 0) is 69.2 Å². The first-order chi connectivity index (χ1) is 17.6. The van der Waals surface area contributed by atoms with Crippen molar-refractivity contribution < 1.29 is 14.3 Å². The van der Waals surface area contributed by atoms with Crippen LogP contribution >= 0.6 is 27.5 Å². The van der Waals surface area contributed by atoms with E-state index in [4.69, 9.17) is 16.3 Å². The highest BCUT2D eigenvalue weighted by atomic mass is 79.9. The normalized spacial score (nSPS) is 12.1. The molecular formula is C30H34BrClN2O3. The highest BCUT2D eigenvalue weighted by molar-refractivity contribution is 9.10. The summed E-state index contributed by atoms with van der Waals surface area (Å²) in [5.41, 5.74) is 2.94. The number of carbonyl (C=O) groups excluding carboxylic acids is 2. The van der Waals surface area contributed by atoms with Crippen LogP contribution in [0.1, 0.15) is 44.4 Å². The summed E-state index contributed by atoms with van der Waals surface area (Å²) in [5.74, 6) is 0.0677. The van der Waals surface area contributed by atoms with Gasteiger partial charge in [0, 0.05) is 24.5 Å². The van der Waals surface area contributed by atoms with Gasteiger partial charge in [-0.15, -0.1) is 0 Å². The number of nitrogens with one attached hydrogen (secondary N) is 1. The van der Waals surface area contributed by atoms with Crippen molar-refractivity contribution in [2.45, 2.75) is 52.1 Å². The number of ether oxygens (including phenoxy) is 1. The SMILES string of the molecule is CCNC(=O)[C@@H](Cc1ccccc1)N(Cc1cccc(Cl)c1)C(=O)COc1ccc(C(C)(C)C)cc1Br. The maximum atomic E-state index is 13.7. The Balaban J connectivity index is 1.89. The van der Waals surface area contributed by atoms with Crippen LogP contribution in [0.4, 0.5) is 0 Å². The molecule has 3 aromatic rings. The first kappa shape index (κ1) is 28.7. The molecule has 0 saturated carbocycles. The molecule has 0 aliphatic rings. The summed E-state index contributed by atoms with van der Waals surface area (Å²) < 4.78 is 6.73. The van der Waals surface area contributed by atoms with E-state index in [1.54, 1.807) is 11.0 Å². The first-order valence-electron chi connectivity index (χ1n) is 12.4. The van der Waals surface area contributed by atoms with E-state index < -0.39 is 6.04 Å². The van der Waals surface area contributed by atoms with E-state index in [2.05, 4.69) is 42.0 Å². The predicted octanol–water partition coefficient (Wildman–Crippen LogP) is 6.56. The van der Waals surface area contributed by atoms with Crippen LogP contribution in [0.15, 0.2) is 77.3 Å². The van der Waals surface area contributed by atoms with Crippen molar-refractivity contribution in [3.05, 3.63) is 99.0 Å². The number of nitrogens with zero attached hydrogens (tertiary/aromatic N) is 1. The summed E-state index contributed by atoms with van der Waals surface area (Å²) in [6.07, 6.45) is 0.378. The molecule has 0 bridgehead atoms. The van der Waals surface area contributed by atoms with Gasteiger partial charge in [-0.3, -0.25) is 9.59 Å². The maximum absolute atomic E-state index is 13.7. The summed E-state index contributed by atoms with van der Waals surface area (Å²) in [6, 6.07) is 22.2. The third kappa shape index (κ3) is 8.34. The Kier molecular flexibility index (Phi) is 10.2. The Bertz CT molecular complexity index is 1210. The number of rotatable bonds is 10. The number of benzene rings is 3. The lowest BCUT2D eigenvalue weighted by Gasteiger charge is -2.31. The zero-order valence-electron chi connectivity index (χ0n) is 21.8. The van der Waals surface area contributed by atoms with E-state index in [0.29, 0.717) is 23.7 Å². The van der Waals surface area contributed by atoms with Crippen molar-refractivity contribution in [1.29, 1.82) is 0 Å². The van der Waals surface area contributed by atoms with Gasteiger partial charge < -0.3 is 15.0 Å². The Morgan fingerprint density at radius 1 is 1.00 bits per heavy atom. The van der Waals surface area contributed by atoms with Gasteiger partial charge in [0.05, 0.1) is 4.47 Å². The van der Waals surface area contributed by atoms with Gasteiger partial charge in [-0.25, -0.2) is 0 Å². The van der Waals surface area contributed by atoms with Crippen LogP contribution in [0.5, 0.6) is 5.75 Å². The number of likely N-dealkylation sites (N-methyl/N-ethyl adjacent to an activating group) is 1. The second-order valence-electron chi connectivity index (χ2n) is 9.94. The summed E-state index contributed by atoms with van der Waals surface area (Å²) in [7, 11) is 0. The topological polar surface area (TPSA) is 58.6 Å². The lowest BCUT2D eigenvalue weighted by atomic mass is 9.87. The van der Waals surface area contributed by atoms with Gasteiger partial charge in [-0.2, -0.15) is 0 Å². The largest absolute Gasteiger partial charge is 0.483 e. The lowest BCUT2D eigenvalue weighted by molar-refractivity contribution is -0.142. The van der Waals surface area contributed by atoms with Gasteiger partial charge in [0.1, 0.15) is 11.8 Å². The van der Waals surface area contributed by atoms with Crippen LogP contribution < -0.4 is 10.1 Å². The Labute approximate surface area is 233 Å². The molecule has 3 aromatic carbocycles. The average molecular weight is 586 g/mol. The minimum absolute atomic E-state index is 0.0120. The van der Waals surface area contributed by atoms with E-state index in [9.17, 15) is 9.59 Å². The second-order valence-corrected chi connectivity index (χ2v) is 11.2. The standard InChI is InChI=1S/C30H34BrClN2O3/c1-5-33-29(36)26(17-21-10-7-6-8-11-21)34(19-22-12-9-13-24(32)16-22)28(35)20-37-27-15-14-23(18-25(27)31)30(2,3)4/h6-16,18,26H,5,17,19-20H2,1-4H3,(H,33,36)/t26-/m1/s1. The number of hydrogen-bond donors (Lipinski definition) is 1. The van der Waals surface area contributed by atoms with Crippen LogP contribution in [0, 0.1) is 0 Å². The van der Waals surface area contributed by atoms with Crippen LogP contribution in [0.3, 0.4) is 0 Å². The third-order valence-electron chi connectivity index (χ3n) is 6.01. The molecule has 0 aromatic heterocycles.